The minimum absolute atomic E-state index is 0.0223. The standard InChI is InChI=1S/C13H13F3N2O3/c14-13(15,16)8-2-1-3-9(6-8)17-12(21)18(7-11(19)20)10-4-5-10/h1-3,6,10H,4-5,7H2,(H,17,21)(H,19,20). The number of carbonyl (C=O) groups excluding carboxylic acids is 1. The molecule has 0 unspecified atom stereocenters. The number of amides is 2. The van der Waals surface area contributed by atoms with Gasteiger partial charge >= 0.3 is 18.2 Å². The first-order valence-corrected chi connectivity index (χ1v) is 6.24. The molecule has 1 saturated carbocycles. The monoisotopic (exact) mass is 302 g/mol. The van der Waals surface area contributed by atoms with E-state index in [4.69, 9.17) is 5.11 Å². The van der Waals surface area contributed by atoms with E-state index in [0.717, 1.165) is 17.0 Å². The molecule has 114 valence electrons. The number of carboxylic acids is 1. The van der Waals surface area contributed by atoms with E-state index < -0.39 is 30.3 Å². The first-order valence-electron chi connectivity index (χ1n) is 6.24. The summed E-state index contributed by atoms with van der Waals surface area (Å²) in [5, 5.41) is 11.1. The summed E-state index contributed by atoms with van der Waals surface area (Å²) in [7, 11) is 0. The third kappa shape index (κ3) is 4.11. The van der Waals surface area contributed by atoms with Crippen LogP contribution < -0.4 is 5.32 Å². The Morgan fingerprint density at radius 2 is 2.00 bits per heavy atom. The number of anilines is 1. The number of halogens is 3. The molecule has 1 aliphatic rings. The molecule has 2 N–H and O–H groups in total. The third-order valence-electron chi connectivity index (χ3n) is 3.00. The molecule has 2 amide bonds. The van der Waals surface area contributed by atoms with Crippen LogP contribution in [0.15, 0.2) is 24.3 Å². The lowest BCUT2D eigenvalue weighted by atomic mass is 10.2. The molecule has 1 aromatic rings. The van der Waals surface area contributed by atoms with Crippen molar-refractivity contribution in [3.63, 3.8) is 0 Å². The minimum atomic E-state index is -4.50. The lowest BCUT2D eigenvalue weighted by Crippen LogP contribution is -2.40. The molecule has 0 bridgehead atoms. The minimum Gasteiger partial charge on any atom is -0.480 e. The Labute approximate surface area is 118 Å². The lowest BCUT2D eigenvalue weighted by molar-refractivity contribution is -0.138. The first-order chi connectivity index (χ1) is 9.77. The van der Waals surface area contributed by atoms with Crippen LogP contribution in [-0.2, 0) is 11.0 Å². The molecule has 2 rings (SSSR count). The zero-order valence-corrected chi connectivity index (χ0v) is 10.9. The second-order valence-electron chi connectivity index (χ2n) is 4.76. The number of carboxylic acid groups (broad SMARTS) is 1. The van der Waals surface area contributed by atoms with Crippen LogP contribution in [-0.4, -0.2) is 34.6 Å². The van der Waals surface area contributed by atoms with Crippen LogP contribution in [0.1, 0.15) is 18.4 Å². The van der Waals surface area contributed by atoms with Gasteiger partial charge in [0.1, 0.15) is 6.54 Å². The Balaban J connectivity index is 2.09. The van der Waals surface area contributed by atoms with Gasteiger partial charge < -0.3 is 15.3 Å². The van der Waals surface area contributed by atoms with Crippen LogP contribution >= 0.6 is 0 Å². The van der Waals surface area contributed by atoms with E-state index in [2.05, 4.69) is 5.32 Å². The number of hydrogen-bond acceptors (Lipinski definition) is 2. The van der Waals surface area contributed by atoms with Crippen LogP contribution in [0.3, 0.4) is 0 Å². The highest BCUT2D eigenvalue weighted by Crippen LogP contribution is 2.31. The molecule has 5 nitrogen and oxygen atoms in total. The third-order valence-corrected chi connectivity index (χ3v) is 3.00. The van der Waals surface area contributed by atoms with Crippen molar-refractivity contribution in [1.82, 2.24) is 4.90 Å². The highest BCUT2D eigenvalue weighted by Gasteiger charge is 2.34. The van der Waals surface area contributed by atoms with Gasteiger partial charge in [-0.3, -0.25) is 4.79 Å². The summed E-state index contributed by atoms with van der Waals surface area (Å²) in [6.45, 7) is -0.477. The Bertz CT molecular complexity index is 556. The number of urea groups is 1. The summed E-state index contributed by atoms with van der Waals surface area (Å²) in [6, 6.07) is 3.33. The van der Waals surface area contributed by atoms with E-state index in [-0.39, 0.29) is 11.7 Å². The number of rotatable bonds is 4. The number of aliphatic carboxylic acids is 1. The van der Waals surface area contributed by atoms with Gasteiger partial charge in [0.15, 0.2) is 0 Å². The normalized spacial score (nSPS) is 14.6. The van der Waals surface area contributed by atoms with Gasteiger partial charge in [-0.05, 0) is 31.0 Å². The van der Waals surface area contributed by atoms with Crippen molar-refractivity contribution in [3.05, 3.63) is 29.8 Å². The van der Waals surface area contributed by atoms with Crippen molar-refractivity contribution < 1.29 is 27.9 Å². The van der Waals surface area contributed by atoms with Crippen LogP contribution in [0.5, 0.6) is 0 Å². The van der Waals surface area contributed by atoms with Gasteiger partial charge in [0.25, 0.3) is 0 Å². The van der Waals surface area contributed by atoms with E-state index >= 15 is 0 Å². The number of nitrogens with zero attached hydrogens (tertiary/aromatic N) is 1. The van der Waals surface area contributed by atoms with E-state index in [1.54, 1.807) is 0 Å². The summed E-state index contributed by atoms with van der Waals surface area (Å²) in [5.74, 6) is -1.17. The number of alkyl halides is 3. The molecule has 0 heterocycles. The summed E-state index contributed by atoms with van der Waals surface area (Å²) in [5.41, 5.74) is -0.901. The molecule has 1 fully saturated rings. The molecule has 21 heavy (non-hydrogen) atoms. The molecule has 0 saturated heterocycles. The van der Waals surface area contributed by atoms with E-state index in [1.807, 2.05) is 0 Å². The summed E-state index contributed by atoms with van der Waals surface area (Å²) in [6.07, 6.45) is -3.11. The van der Waals surface area contributed by atoms with Gasteiger partial charge in [-0.15, -0.1) is 0 Å². The predicted octanol–water partition coefficient (Wildman–Crippen LogP) is 2.79. The Hall–Kier alpha value is -2.25. The molecule has 8 heteroatoms. The molecule has 0 radical (unpaired) electrons. The van der Waals surface area contributed by atoms with Crippen molar-refractivity contribution in [1.29, 1.82) is 0 Å². The van der Waals surface area contributed by atoms with E-state index in [0.29, 0.717) is 12.8 Å². The van der Waals surface area contributed by atoms with Crippen molar-refractivity contribution in [3.8, 4) is 0 Å². The molecule has 1 aromatic carbocycles. The smallest absolute Gasteiger partial charge is 0.416 e. The highest BCUT2D eigenvalue weighted by atomic mass is 19.4. The van der Waals surface area contributed by atoms with Gasteiger partial charge in [-0.25, -0.2) is 4.79 Å². The van der Waals surface area contributed by atoms with Crippen molar-refractivity contribution in [2.24, 2.45) is 0 Å². The van der Waals surface area contributed by atoms with E-state index in [9.17, 15) is 22.8 Å². The lowest BCUT2D eigenvalue weighted by Gasteiger charge is -2.21. The average Bonchev–Trinajstić information content (AvgIpc) is 3.19. The number of benzene rings is 1. The SMILES string of the molecule is O=C(O)CN(C(=O)Nc1cccc(C(F)(F)F)c1)C1CC1. The maximum atomic E-state index is 12.6. The maximum Gasteiger partial charge on any atom is 0.416 e. The second kappa shape index (κ2) is 5.63. The Kier molecular flexibility index (Phi) is 4.06. The van der Waals surface area contributed by atoms with Gasteiger partial charge in [0.2, 0.25) is 0 Å². The van der Waals surface area contributed by atoms with Gasteiger partial charge in [-0.1, -0.05) is 6.07 Å². The average molecular weight is 302 g/mol. The fourth-order valence-electron chi connectivity index (χ4n) is 1.87. The van der Waals surface area contributed by atoms with Gasteiger partial charge in [-0.2, -0.15) is 13.2 Å². The molecule has 0 aliphatic heterocycles. The summed E-state index contributed by atoms with van der Waals surface area (Å²) >= 11 is 0. The molecule has 0 spiro atoms. The zero-order valence-electron chi connectivity index (χ0n) is 10.9. The predicted molar refractivity (Wildman–Crippen MR) is 67.8 cm³/mol. The fourth-order valence-corrected chi connectivity index (χ4v) is 1.87. The van der Waals surface area contributed by atoms with Crippen LogP contribution in [0.4, 0.5) is 23.7 Å². The quantitative estimate of drug-likeness (QED) is 0.898. The Morgan fingerprint density at radius 1 is 1.33 bits per heavy atom. The number of hydrogen-bond donors (Lipinski definition) is 2. The van der Waals surface area contributed by atoms with E-state index in [1.165, 1.54) is 12.1 Å². The highest BCUT2D eigenvalue weighted by molar-refractivity contribution is 5.91. The largest absolute Gasteiger partial charge is 0.480 e. The van der Waals surface area contributed by atoms with Gasteiger partial charge in [0, 0.05) is 11.7 Å². The van der Waals surface area contributed by atoms with Crippen LogP contribution in [0.2, 0.25) is 0 Å². The topological polar surface area (TPSA) is 69.6 Å². The van der Waals surface area contributed by atoms with Crippen LogP contribution in [0.25, 0.3) is 0 Å². The summed E-state index contributed by atoms with van der Waals surface area (Å²) in [4.78, 5) is 23.8. The fraction of sp³-hybridized carbons (Fsp3) is 0.385. The van der Waals surface area contributed by atoms with Crippen molar-refractivity contribution in [2.45, 2.75) is 25.1 Å². The number of carbonyl (C=O) groups is 2. The van der Waals surface area contributed by atoms with Crippen LogP contribution in [0, 0.1) is 0 Å². The van der Waals surface area contributed by atoms with Crippen molar-refractivity contribution in [2.75, 3.05) is 11.9 Å². The van der Waals surface area contributed by atoms with Gasteiger partial charge in [0.05, 0.1) is 5.56 Å². The second-order valence-corrected chi connectivity index (χ2v) is 4.76. The molecule has 0 aromatic heterocycles. The molecule has 0 atom stereocenters. The first kappa shape index (κ1) is 15.1. The molecular formula is C13H13F3N2O3. The number of nitrogens with one attached hydrogen (secondary N) is 1. The molecular weight excluding hydrogens is 289 g/mol. The molecule has 1 aliphatic carbocycles. The summed E-state index contributed by atoms with van der Waals surface area (Å²) < 4.78 is 37.7. The maximum absolute atomic E-state index is 12.6. The Morgan fingerprint density at radius 3 is 2.52 bits per heavy atom. The van der Waals surface area contributed by atoms with Crippen molar-refractivity contribution >= 4 is 17.7 Å². The zero-order chi connectivity index (χ0) is 15.6.